The van der Waals surface area contributed by atoms with Gasteiger partial charge in [0.2, 0.25) is 0 Å². The minimum absolute atomic E-state index is 0.111. The van der Waals surface area contributed by atoms with Crippen LogP contribution in [0.5, 0.6) is 0 Å². The van der Waals surface area contributed by atoms with Crippen LogP contribution in [-0.4, -0.2) is 43.8 Å². The van der Waals surface area contributed by atoms with Crippen LogP contribution < -0.4 is 15.7 Å². The molecule has 0 amide bonds. The Labute approximate surface area is 154 Å². The van der Waals surface area contributed by atoms with Crippen LogP contribution in [0.1, 0.15) is 53.7 Å². The summed E-state index contributed by atoms with van der Waals surface area (Å²) in [5, 5.41) is 1.62. The largest absolute Gasteiger partial charge is 0.494 e. The number of piperazine rings is 1. The van der Waals surface area contributed by atoms with E-state index < -0.39 is 86.0 Å². The molecule has 1 aromatic rings. The van der Waals surface area contributed by atoms with Gasteiger partial charge in [-0.2, -0.15) is 0 Å². The number of anilines is 1. The number of hydrogen-bond donors (Lipinski definition) is 1. The first-order valence-corrected chi connectivity index (χ1v) is 6.84. The topological polar surface area (TPSA) is 33.7 Å². The van der Waals surface area contributed by atoms with Gasteiger partial charge in [-0.05, 0) is 52.1 Å². The molecule has 2 aliphatic heterocycles. The molecule has 0 radical (unpaired) electrons. The van der Waals surface area contributed by atoms with Gasteiger partial charge in [-0.1, -0.05) is 12.1 Å². The maximum Gasteiger partial charge on any atom is 0.494 e. The first-order chi connectivity index (χ1) is 15.8. The van der Waals surface area contributed by atoms with Gasteiger partial charge in [0.05, 0.1) is 20.8 Å². The van der Waals surface area contributed by atoms with Gasteiger partial charge in [0.1, 0.15) is 0 Å². The van der Waals surface area contributed by atoms with Crippen LogP contribution >= 0.6 is 0 Å². The highest BCUT2D eigenvalue weighted by molar-refractivity contribution is 6.62. The molecule has 0 aliphatic carbocycles. The smallest absolute Gasteiger partial charge is 0.399 e. The Morgan fingerprint density at radius 1 is 1.41 bits per heavy atom. The highest BCUT2D eigenvalue weighted by atomic mass is 16.7. The quantitative estimate of drug-likeness (QED) is 0.844. The van der Waals surface area contributed by atoms with Crippen molar-refractivity contribution in [2.45, 2.75) is 51.8 Å². The summed E-state index contributed by atoms with van der Waals surface area (Å²) in [5.74, 6) is 0. The monoisotopic (exact) mass is 316 g/mol. The Morgan fingerprint density at radius 3 is 2.82 bits per heavy atom. The van der Waals surface area contributed by atoms with Crippen molar-refractivity contribution < 1.29 is 28.5 Å². The van der Waals surface area contributed by atoms with E-state index in [9.17, 15) is 0 Å². The van der Waals surface area contributed by atoms with Gasteiger partial charge in [-0.3, -0.25) is 0 Å². The first kappa shape index (κ1) is 6.12. The molecule has 22 heavy (non-hydrogen) atoms. The number of hydrogen-bond acceptors (Lipinski definition) is 4. The number of rotatable bonds is 2. The van der Waals surface area contributed by atoms with E-state index in [-0.39, 0.29) is 4.90 Å². The third-order valence-corrected chi connectivity index (χ3v) is 3.98. The lowest BCUT2D eigenvalue weighted by molar-refractivity contribution is 0.00578. The minimum atomic E-state index is -3.65. The van der Waals surface area contributed by atoms with Crippen LogP contribution in [0.25, 0.3) is 0 Å². The molecule has 2 saturated heterocycles. The minimum Gasteiger partial charge on any atom is -0.399 e. The SMILES string of the molecule is [2H]c1c([2H])c(B2OC(C)(C)C(C)(C)O2)c([2H])c(N2C([2H])([2H])C([2H])([2H])NC([2H])([2H])C2([2H])C([2H])([2H])[2H])c1[2H]. The molecule has 1 unspecified atom stereocenters. The second-order valence-corrected chi connectivity index (χ2v) is 6.02. The first-order valence-electron chi connectivity index (χ1n) is 13.8. The van der Waals surface area contributed by atoms with E-state index >= 15 is 0 Å². The maximum absolute atomic E-state index is 8.78. The summed E-state index contributed by atoms with van der Waals surface area (Å²) in [7, 11) is -1.48. The molecule has 2 heterocycles. The molecular formula is C17H27BN2O2. The van der Waals surface area contributed by atoms with Gasteiger partial charge >= 0.3 is 7.12 Å². The second kappa shape index (κ2) is 5.55. The standard InChI is InChI=1S/C17H27BN2O2/c1-13-12-19-9-10-20(13)15-8-6-7-14(11-15)18-21-16(2,3)17(4,5)22-18/h6-8,11,13,19H,9-10,12H2,1-5H3/i1D3,6D,7D,8D,9D2,10D2,11D,12D2,13D. The van der Waals surface area contributed by atoms with Crippen LogP contribution in [0.2, 0.25) is 0 Å². The molecule has 4 nitrogen and oxygen atoms in total. The van der Waals surface area contributed by atoms with Gasteiger partial charge in [0.15, 0.2) is 0 Å². The van der Waals surface area contributed by atoms with Crippen molar-refractivity contribution in [3.8, 4) is 0 Å². The molecular weight excluding hydrogens is 275 g/mol. The van der Waals surface area contributed by atoms with Gasteiger partial charge < -0.3 is 19.5 Å². The lowest BCUT2D eigenvalue weighted by Gasteiger charge is -2.36. The van der Waals surface area contributed by atoms with Crippen LogP contribution in [0.3, 0.4) is 0 Å². The summed E-state index contributed by atoms with van der Waals surface area (Å²) < 4.78 is 127. The van der Waals surface area contributed by atoms with Crippen molar-refractivity contribution in [1.29, 1.82) is 0 Å². The lowest BCUT2D eigenvalue weighted by atomic mass is 9.79. The van der Waals surface area contributed by atoms with Crippen LogP contribution in [-0.2, 0) is 9.31 Å². The highest BCUT2D eigenvalue weighted by Gasteiger charge is 2.51. The zero-order valence-corrected chi connectivity index (χ0v) is 12.8. The zero-order chi connectivity index (χ0) is 28.2. The average Bonchev–Trinajstić information content (AvgIpc) is 2.86. The molecule has 1 N–H and O–H groups in total. The second-order valence-electron chi connectivity index (χ2n) is 6.02. The van der Waals surface area contributed by atoms with Crippen molar-refractivity contribution in [2.75, 3.05) is 24.4 Å². The normalized spacial score (nSPS) is 47.3. The van der Waals surface area contributed by atoms with Gasteiger partial charge in [0, 0.05) is 40.8 Å². The molecule has 2 fully saturated rings. The molecule has 0 bridgehead atoms. The van der Waals surface area contributed by atoms with Crippen molar-refractivity contribution in [2.24, 2.45) is 0 Å². The third-order valence-electron chi connectivity index (χ3n) is 3.98. The Morgan fingerprint density at radius 2 is 2.14 bits per heavy atom. The van der Waals surface area contributed by atoms with Gasteiger partial charge in [0.25, 0.3) is 0 Å². The van der Waals surface area contributed by atoms with Gasteiger partial charge in [-0.25, -0.2) is 0 Å². The van der Waals surface area contributed by atoms with E-state index in [1.165, 1.54) is 0 Å². The molecule has 2 aliphatic rings. The Bertz CT molecular complexity index is 1080. The van der Waals surface area contributed by atoms with Crippen LogP contribution in [0, 0.1) is 0 Å². The number of benzene rings is 1. The maximum atomic E-state index is 8.78. The van der Waals surface area contributed by atoms with Crippen molar-refractivity contribution in [3.05, 3.63) is 24.2 Å². The van der Waals surface area contributed by atoms with Gasteiger partial charge in [-0.15, -0.1) is 0 Å². The fraction of sp³-hybridized carbons (Fsp3) is 0.647. The van der Waals surface area contributed by atoms with E-state index in [1.54, 1.807) is 33.0 Å². The zero-order valence-electron chi connectivity index (χ0n) is 26.8. The summed E-state index contributed by atoms with van der Waals surface area (Å²) >= 11 is 0. The third kappa shape index (κ3) is 2.77. The molecule has 5 heteroatoms. The molecule has 0 aromatic heterocycles. The highest BCUT2D eigenvalue weighted by Crippen LogP contribution is 2.36. The summed E-state index contributed by atoms with van der Waals surface area (Å²) in [6.45, 7) is -7.27. The molecule has 0 saturated carbocycles. The molecule has 3 rings (SSSR count). The molecule has 1 atom stereocenters. The van der Waals surface area contributed by atoms with Crippen molar-refractivity contribution >= 4 is 18.3 Å². The van der Waals surface area contributed by atoms with E-state index in [2.05, 4.69) is 0 Å². The summed E-state index contributed by atoms with van der Waals surface area (Å²) in [5.41, 5.74) is -3.47. The Balaban J connectivity index is 2.44. The Kier molecular flexibility index (Phi) is 1.54. The Hall–Kier alpha value is -1.04. The van der Waals surface area contributed by atoms with E-state index in [4.69, 9.17) is 28.5 Å². The lowest BCUT2D eigenvalue weighted by Crippen LogP contribution is -2.50. The van der Waals surface area contributed by atoms with E-state index in [1.807, 2.05) is 0 Å². The molecule has 0 spiro atoms. The summed E-state index contributed by atoms with van der Waals surface area (Å²) in [4.78, 5) is -0.111. The van der Waals surface area contributed by atoms with Crippen LogP contribution in [0.15, 0.2) is 24.2 Å². The molecule has 120 valence electrons. The average molecular weight is 316 g/mol. The fourth-order valence-corrected chi connectivity index (χ4v) is 1.99. The number of nitrogens with one attached hydrogen (secondary N) is 1. The van der Waals surface area contributed by atoms with Crippen LogP contribution in [0.4, 0.5) is 5.69 Å². The predicted molar refractivity (Wildman–Crippen MR) is 91.8 cm³/mol. The summed E-state index contributed by atoms with van der Waals surface area (Å²) in [6, 6.07) is -7.18. The number of nitrogens with zero attached hydrogens (tertiary/aromatic N) is 1. The van der Waals surface area contributed by atoms with Crippen molar-refractivity contribution in [3.63, 3.8) is 0 Å². The van der Waals surface area contributed by atoms with Crippen molar-refractivity contribution in [1.82, 2.24) is 5.32 Å². The summed E-state index contributed by atoms with van der Waals surface area (Å²) in [6.07, 6.45) is 0. The van der Waals surface area contributed by atoms with E-state index in [0.717, 1.165) is 0 Å². The fourth-order valence-electron chi connectivity index (χ4n) is 1.99. The predicted octanol–water partition coefficient (Wildman–Crippen LogP) is 1.78. The van der Waals surface area contributed by atoms with E-state index in [0.29, 0.717) is 0 Å². The molecule has 1 aromatic carbocycles.